The summed E-state index contributed by atoms with van der Waals surface area (Å²) in [5.41, 5.74) is 1.64. The molecule has 0 atom stereocenters. The summed E-state index contributed by atoms with van der Waals surface area (Å²) in [6.07, 6.45) is 0. The second kappa shape index (κ2) is 4.03. The van der Waals surface area contributed by atoms with Crippen LogP contribution in [0.15, 0.2) is 46.2 Å². The van der Waals surface area contributed by atoms with E-state index in [9.17, 15) is 10.0 Å². The summed E-state index contributed by atoms with van der Waals surface area (Å²) in [6, 6.07) is 11.4. The highest BCUT2D eigenvalue weighted by atomic mass is 32.1. The van der Waals surface area contributed by atoms with E-state index >= 15 is 0 Å². The second-order valence-corrected chi connectivity index (χ2v) is 4.64. The summed E-state index contributed by atoms with van der Waals surface area (Å²) >= 11 is 1.54. The summed E-state index contributed by atoms with van der Waals surface area (Å²) < 4.78 is 5.49. The van der Waals surface area contributed by atoms with E-state index in [1.807, 2.05) is 41.8 Å². The standard InChI is InChI=1S/C12H9BO3S/c14-13(15)12-11(10-6-3-7-17-10)8-4-1-2-5-9(8)16-12/h1-7,14-15H. The summed E-state index contributed by atoms with van der Waals surface area (Å²) in [6.45, 7) is 0. The van der Waals surface area contributed by atoms with Crippen LogP contribution in [0.4, 0.5) is 0 Å². The molecule has 2 N–H and O–H groups in total. The fraction of sp³-hybridized carbons (Fsp3) is 0. The minimum absolute atomic E-state index is 0.202. The van der Waals surface area contributed by atoms with E-state index in [0.717, 1.165) is 15.8 Å². The van der Waals surface area contributed by atoms with Gasteiger partial charge in [0.2, 0.25) is 0 Å². The zero-order valence-electron chi connectivity index (χ0n) is 8.83. The number of furan rings is 1. The van der Waals surface area contributed by atoms with Gasteiger partial charge in [0.05, 0.1) is 0 Å². The van der Waals surface area contributed by atoms with Gasteiger partial charge in [-0.25, -0.2) is 0 Å². The molecule has 3 aromatic rings. The van der Waals surface area contributed by atoms with Crippen molar-refractivity contribution in [3.05, 3.63) is 41.8 Å². The molecule has 17 heavy (non-hydrogen) atoms. The average molecular weight is 244 g/mol. The van der Waals surface area contributed by atoms with Crippen molar-refractivity contribution >= 4 is 35.1 Å². The fourth-order valence-corrected chi connectivity index (χ4v) is 2.71. The van der Waals surface area contributed by atoms with E-state index in [2.05, 4.69) is 0 Å². The lowest BCUT2D eigenvalue weighted by atomic mass is 9.83. The number of para-hydroxylation sites is 1. The predicted molar refractivity (Wildman–Crippen MR) is 69.4 cm³/mol. The molecule has 0 saturated carbocycles. The van der Waals surface area contributed by atoms with Crippen LogP contribution in [0.2, 0.25) is 0 Å². The number of thiophene rings is 1. The highest BCUT2D eigenvalue weighted by Gasteiger charge is 2.25. The van der Waals surface area contributed by atoms with Crippen molar-refractivity contribution in [2.75, 3.05) is 0 Å². The van der Waals surface area contributed by atoms with Crippen molar-refractivity contribution in [2.45, 2.75) is 0 Å². The normalized spacial score (nSPS) is 10.9. The Labute approximate surface area is 102 Å². The molecule has 0 aliphatic rings. The van der Waals surface area contributed by atoms with Crippen LogP contribution in [0.1, 0.15) is 0 Å². The van der Waals surface area contributed by atoms with Gasteiger partial charge in [-0.1, -0.05) is 24.3 Å². The lowest BCUT2D eigenvalue weighted by molar-refractivity contribution is 0.413. The number of hydrogen-bond acceptors (Lipinski definition) is 4. The first-order valence-corrected chi connectivity index (χ1v) is 6.07. The van der Waals surface area contributed by atoms with Gasteiger partial charge in [-0.3, -0.25) is 0 Å². The minimum atomic E-state index is -1.60. The molecule has 0 amide bonds. The summed E-state index contributed by atoms with van der Waals surface area (Å²) in [5.74, 6) is 0. The van der Waals surface area contributed by atoms with Crippen molar-refractivity contribution in [3.63, 3.8) is 0 Å². The summed E-state index contributed by atoms with van der Waals surface area (Å²) in [4.78, 5) is 0.970. The van der Waals surface area contributed by atoms with Crippen molar-refractivity contribution in [1.29, 1.82) is 0 Å². The third-order valence-electron chi connectivity index (χ3n) is 2.62. The van der Waals surface area contributed by atoms with Gasteiger partial charge in [0.1, 0.15) is 11.2 Å². The Morgan fingerprint density at radius 3 is 2.59 bits per heavy atom. The Morgan fingerprint density at radius 2 is 1.88 bits per heavy atom. The predicted octanol–water partition coefficient (Wildman–Crippen LogP) is 1.84. The third-order valence-corrected chi connectivity index (χ3v) is 3.51. The molecule has 84 valence electrons. The maximum atomic E-state index is 9.37. The van der Waals surface area contributed by atoms with Crippen molar-refractivity contribution in [3.8, 4) is 10.4 Å². The van der Waals surface area contributed by atoms with Crippen LogP contribution >= 0.6 is 11.3 Å². The van der Waals surface area contributed by atoms with E-state index in [-0.39, 0.29) is 5.66 Å². The molecule has 0 bridgehead atoms. The van der Waals surface area contributed by atoms with Crippen LogP contribution in [-0.4, -0.2) is 17.2 Å². The third kappa shape index (κ3) is 1.68. The van der Waals surface area contributed by atoms with Crippen molar-refractivity contribution in [2.24, 2.45) is 0 Å². The zero-order valence-corrected chi connectivity index (χ0v) is 9.65. The summed E-state index contributed by atoms with van der Waals surface area (Å²) in [5, 5.41) is 21.6. The quantitative estimate of drug-likeness (QED) is 0.676. The van der Waals surface area contributed by atoms with E-state index in [4.69, 9.17) is 4.42 Å². The van der Waals surface area contributed by atoms with Gasteiger partial charge in [0.25, 0.3) is 0 Å². The molecule has 2 aromatic heterocycles. The van der Waals surface area contributed by atoms with Gasteiger partial charge < -0.3 is 14.5 Å². The van der Waals surface area contributed by atoms with E-state index in [1.54, 1.807) is 11.3 Å². The van der Waals surface area contributed by atoms with Crippen LogP contribution in [-0.2, 0) is 0 Å². The topological polar surface area (TPSA) is 53.6 Å². The fourth-order valence-electron chi connectivity index (χ4n) is 1.92. The molecule has 0 fully saturated rings. The maximum absolute atomic E-state index is 9.37. The largest absolute Gasteiger partial charge is 0.527 e. The van der Waals surface area contributed by atoms with Crippen LogP contribution in [0.3, 0.4) is 0 Å². The first-order valence-electron chi connectivity index (χ1n) is 5.19. The molecule has 0 saturated heterocycles. The molecule has 0 aliphatic carbocycles. The SMILES string of the molecule is OB(O)c1oc2ccccc2c1-c1cccs1. The summed E-state index contributed by atoms with van der Waals surface area (Å²) in [7, 11) is -1.60. The minimum Gasteiger partial charge on any atom is -0.464 e. The van der Waals surface area contributed by atoms with Gasteiger partial charge >= 0.3 is 7.12 Å². The van der Waals surface area contributed by atoms with Gasteiger partial charge in [-0.2, -0.15) is 0 Å². The number of rotatable bonds is 2. The molecule has 5 heteroatoms. The molecule has 3 rings (SSSR count). The zero-order chi connectivity index (χ0) is 11.8. The first kappa shape index (κ1) is 10.6. The lowest BCUT2D eigenvalue weighted by Crippen LogP contribution is -2.29. The van der Waals surface area contributed by atoms with Crippen molar-refractivity contribution in [1.82, 2.24) is 0 Å². The smallest absolute Gasteiger partial charge is 0.464 e. The van der Waals surface area contributed by atoms with E-state index < -0.39 is 7.12 Å². The molecule has 0 spiro atoms. The molecule has 0 radical (unpaired) electrons. The Bertz CT molecular complexity index is 643. The number of fused-ring (bicyclic) bond motifs is 1. The van der Waals surface area contributed by atoms with Crippen molar-refractivity contribution < 1.29 is 14.5 Å². The Morgan fingerprint density at radius 1 is 1.06 bits per heavy atom. The number of benzene rings is 1. The van der Waals surface area contributed by atoms with Gasteiger partial charge in [-0.15, -0.1) is 11.3 Å². The molecule has 0 aliphatic heterocycles. The monoisotopic (exact) mass is 244 g/mol. The van der Waals surface area contributed by atoms with E-state index in [1.165, 1.54) is 0 Å². The Hall–Kier alpha value is -1.56. The lowest BCUT2D eigenvalue weighted by Gasteiger charge is -1.98. The van der Waals surface area contributed by atoms with Crippen LogP contribution in [0, 0.1) is 0 Å². The number of hydrogen-bond donors (Lipinski definition) is 2. The first-order chi connectivity index (χ1) is 8.27. The van der Waals surface area contributed by atoms with Crippen LogP contribution < -0.4 is 5.66 Å². The van der Waals surface area contributed by atoms with Crippen LogP contribution in [0.5, 0.6) is 0 Å². The molecule has 2 heterocycles. The maximum Gasteiger partial charge on any atom is 0.527 e. The van der Waals surface area contributed by atoms with Gasteiger partial charge in [0.15, 0.2) is 0 Å². The highest BCUT2D eigenvalue weighted by molar-refractivity contribution is 7.13. The molecule has 0 unspecified atom stereocenters. The second-order valence-electron chi connectivity index (χ2n) is 3.69. The average Bonchev–Trinajstić information content (AvgIpc) is 2.94. The molecular weight excluding hydrogens is 235 g/mol. The molecular formula is C12H9BO3S. The van der Waals surface area contributed by atoms with Gasteiger partial charge in [0, 0.05) is 15.8 Å². The molecule has 1 aromatic carbocycles. The Kier molecular flexibility index (Phi) is 2.51. The molecule has 3 nitrogen and oxygen atoms in total. The van der Waals surface area contributed by atoms with Crippen LogP contribution in [0.25, 0.3) is 21.4 Å². The Balaban J connectivity index is 2.36. The highest BCUT2D eigenvalue weighted by Crippen LogP contribution is 2.31. The van der Waals surface area contributed by atoms with E-state index in [0.29, 0.717) is 5.58 Å². The van der Waals surface area contributed by atoms with Gasteiger partial charge in [-0.05, 0) is 17.5 Å².